The number of hydrogen-bond acceptors (Lipinski definition) is 3. The van der Waals surface area contributed by atoms with Gasteiger partial charge in [-0.05, 0) is 42.5 Å². The van der Waals surface area contributed by atoms with E-state index in [9.17, 15) is 9.59 Å². The number of hydrogen-bond donors (Lipinski definition) is 1. The molecule has 0 atom stereocenters. The first-order valence-corrected chi connectivity index (χ1v) is 8.87. The number of piperidine rings is 1. The van der Waals surface area contributed by atoms with Crippen molar-refractivity contribution in [2.24, 2.45) is 0 Å². The van der Waals surface area contributed by atoms with E-state index in [2.05, 4.69) is 41.1 Å². The van der Waals surface area contributed by atoms with Crippen molar-refractivity contribution in [3.8, 4) is 0 Å². The third-order valence-corrected chi connectivity index (χ3v) is 4.75. The highest BCUT2D eigenvalue weighted by molar-refractivity contribution is 5.94. The number of benzene rings is 1. The number of rotatable bonds is 5. The number of amides is 2. The van der Waals surface area contributed by atoms with Gasteiger partial charge in [-0.2, -0.15) is 0 Å². The summed E-state index contributed by atoms with van der Waals surface area (Å²) in [6, 6.07) is 14.0. The molecule has 2 amide bonds. The lowest BCUT2D eigenvalue weighted by Gasteiger charge is -2.32. The number of pyridine rings is 1. The zero-order chi connectivity index (χ0) is 18.4. The van der Waals surface area contributed by atoms with Crippen LogP contribution in [-0.2, 0) is 11.3 Å². The molecule has 1 N–H and O–H groups in total. The Morgan fingerprint density at radius 1 is 1.19 bits per heavy atom. The molecule has 1 aliphatic rings. The van der Waals surface area contributed by atoms with Gasteiger partial charge in [0, 0.05) is 24.8 Å². The van der Waals surface area contributed by atoms with E-state index in [1.165, 1.54) is 11.6 Å². The van der Waals surface area contributed by atoms with Crippen LogP contribution in [0.3, 0.4) is 0 Å². The summed E-state index contributed by atoms with van der Waals surface area (Å²) >= 11 is 0. The largest absolute Gasteiger partial charge is 0.347 e. The number of carbonyl (C=O) groups is 2. The summed E-state index contributed by atoms with van der Waals surface area (Å²) in [5.41, 5.74) is 2.62. The van der Waals surface area contributed by atoms with Crippen molar-refractivity contribution < 1.29 is 9.59 Å². The van der Waals surface area contributed by atoms with Gasteiger partial charge in [-0.1, -0.05) is 36.9 Å². The van der Waals surface area contributed by atoms with Crippen molar-refractivity contribution in [3.63, 3.8) is 0 Å². The lowest BCUT2D eigenvalue weighted by molar-refractivity contribution is -0.116. The molecule has 0 saturated carbocycles. The minimum Gasteiger partial charge on any atom is -0.347 e. The lowest BCUT2D eigenvalue weighted by Crippen LogP contribution is -2.38. The second-order valence-electron chi connectivity index (χ2n) is 6.43. The summed E-state index contributed by atoms with van der Waals surface area (Å²) in [5, 5.41) is 2.67. The van der Waals surface area contributed by atoms with Crippen molar-refractivity contribution in [2.75, 3.05) is 13.1 Å². The lowest BCUT2D eigenvalue weighted by atomic mass is 9.89. The fourth-order valence-corrected chi connectivity index (χ4v) is 3.28. The molecule has 1 saturated heterocycles. The molecular weight excluding hydrogens is 326 g/mol. The van der Waals surface area contributed by atoms with Gasteiger partial charge in [0.05, 0.1) is 12.2 Å². The Kier molecular flexibility index (Phi) is 5.79. The zero-order valence-corrected chi connectivity index (χ0v) is 14.7. The second-order valence-corrected chi connectivity index (χ2v) is 6.43. The zero-order valence-electron chi connectivity index (χ0n) is 14.7. The topological polar surface area (TPSA) is 62.3 Å². The maximum absolute atomic E-state index is 12.8. The van der Waals surface area contributed by atoms with Crippen molar-refractivity contribution in [2.45, 2.75) is 25.3 Å². The van der Waals surface area contributed by atoms with Crippen LogP contribution >= 0.6 is 0 Å². The first kappa shape index (κ1) is 17.9. The first-order valence-electron chi connectivity index (χ1n) is 8.87. The molecule has 5 nitrogen and oxygen atoms in total. The van der Waals surface area contributed by atoms with E-state index in [0.717, 1.165) is 25.9 Å². The molecule has 1 aromatic heterocycles. The van der Waals surface area contributed by atoms with Crippen molar-refractivity contribution in [1.82, 2.24) is 15.2 Å². The standard InChI is InChI=1S/C21H23N3O2/c1-2-20(25)23-15-19-14-18(8-11-22-19)21(26)24-12-9-17(10-13-24)16-6-4-3-5-7-16/h2-8,11,14,17H,1,9-10,12-13,15H2,(H,23,25). The predicted octanol–water partition coefficient (Wildman–Crippen LogP) is 2.90. The Morgan fingerprint density at radius 3 is 2.62 bits per heavy atom. The predicted molar refractivity (Wildman–Crippen MR) is 101 cm³/mol. The Balaban J connectivity index is 1.60. The molecule has 0 unspecified atom stereocenters. The number of likely N-dealkylation sites (tertiary alicyclic amines) is 1. The number of carbonyl (C=O) groups excluding carboxylic acids is 2. The van der Waals surface area contributed by atoms with Crippen molar-refractivity contribution >= 4 is 11.8 Å². The second kappa shape index (κ2) is 8.43. The first-order chi connectivity index (χ1) is 12.7. The van der Waals surface area contributed by atoms with Crippen LogP contribution < -0.4 is 5.32 Å². The molecule has 1 aromatic carbocycles. The van der Waals surface area contributed by atoms with Crippen LogP contribution in [0.2, 0.25) is 0 Å². The fraction of sp³-hybridized carbons (Fsp3) is 0.286. The Labute approximate surface area is 153 Å². The molecule has 1 fully saturated rings. The average Bonchev–Trinajstić information content (AvgIpc) is 2.72. The van der Waals surface area contributed by atoms with Crippen LogP contribution in [0.4, 0.5) is 0 Å². The van der Waals surface area contributed by atoms with E-state index in [1.54, 1.807) is 18.3 Å². The fourth-order valence-electron chi connectivity index (χ4n) is 3.28. The minimum atomic E-state index is -0.258. The van der Waals surface area contributed by atoms with Crippen LogP contribution in [0.25, 0.3) is 0 Å². The van der Waals surface area contributed by atoms with E-state index in [4.69, 9.17) is 0 Å². The summed E-state index contributed by atoms with van der Waals surface area (Å²) in [7, 11) is 0. The summed E-state index contributed by atoms with van der Waals surface area (Å²) in [4.78, 5) is 30.2. The van der Waals surface area contributed by atoms with Gasteiger partial charge in [0.25, 0.3) is 5.91 Å². The number of aromatic nitrogens is 1. The van der Waals surface area contributed by atoms with E-state index in [0.29, 0.717) is 17.2 Å². The molecule has 0 radical (unpaired) electrons. The Morgan fingerprint density at radius 2 is 1.92 bits per heavy atom. The smallest absolute Gasteiger partial charge is 0.253 e. The molecule has 0 bridgehead atoms. The molecule has 26 heavy (non-hydrogen) atoms. The minimum absolute atomic E-state index is 0.0233. The van der Waals surface area contributed by atoms with E-state index >= 15 is 0 Å². The number of nitrogens with zero attached hydrogens (tertiary/aromatic N) is 2. The molecule has 0 spiro atoms. The monoisotopic (exact) mass is 349 g/mol. The quantitative estimate of drug-likeness (QED) is 0.844. The maximum atomic E-state index is 12.8. The molecule has 3 rings (SSSR count). The summed E-state index contributed by atoms with van der Waals surface area (Å²) in [5.74, 6) is 0.282. The van der Waals surface area contributed by atoms with E-state index < -0.39 is 0 Å². The normalized spacial score (nSPS) is 14.7. The van der Waals surface area contributed by atoms with Gasteiger partial charge in [-0.25, -0.2) is 0 Å². The molecule has 5 heteroatoms. The Hall–Kier alpha value is -2.95. The Bertz CT molecular complexity index is 781. The van der Waals surface area contributed by atoms with Gasteiger partial charge in [0.1, 0.15) is 0 Å². The third-order valence-electron chi connectivity index (χ3n) is 4.75. The van der Waals surface area contributed by atoms with Crippen LogP contribution in [0, 0.1) is 0 Å². The van der Waals surface area contributed by atoms with Crippen LogP contribution in [0.1, 0.15) is 40.4 Å². The van der Waals surface area contributed by atoms with E-state index in [1.807, 2.05) is 11.0 Å². The molecule has 0 aliphatic carbocycles. The molecule has 2 aromatic rings. The molecular formula is C21H23N3O2. The highest BCUT2D eigenvalue weighted by Gasteiger charge is 2.24. The van der Waals surface area contributed by atoms with Crippen LogP contribution in [-0.4, -0.2) is 34.8 Å². The van der Waals surface area contributed by atoms with Gasteiger partial charge in [-0.3, -0.25) is 14.6 Å². The van der Waals surface area contributed by atoms with Crippen LogP contribution in [0.15, 0.2) is 61.3 Å². The highest BCUT2D eigenvalue weighted by atomic mass is 16.2. The van der Waals surface area contributed by atoms with Crippen LogP contribution in [0.5, 0.6) is 0 Å². The van der Waals surface area contributed by atoms with Gasteiger partial charge < -0.3 is 10.2 Å². The molecule has 2 heterocycles. The summed E-state index contributed by atoms with van der Waals surface area (Å²) < 4.78 is 0. The van der Waals surface area contributed by atoms with Gasteiger partial charge in [-0.15, -0.1) is 0 Å². The highest BCUT2D eigenvalue weighted by Crippen LogP contribution is 2.28. The van der Waals surface area contributed by atoms with Crippen molar-refractivity contribution in [3.05, 3.63) is 78.1 Å². The van der Waals surface area contributed by atoms with Gasteiger partial charge >= 0.3 is 0 Å². The SMILES string of the molecule is C=CC(=O)NCc1cc(C(=O)N2CCC(c3ccccc3)CC2)ccn1. The van der Waals surface area contributed by atoms with Gasteiger partial charge in [0.2, 0.25) is 5.91 Å². The number of nitrogens with one attached hydrogen (secondary N) is 1. The summed E-state index contributed by atoms with van der Waals surface area (Å²) in [6.45, 7) is 5.20. The van der Waals surface area contributed by atoms with Gasteiger partial charge in [0.15, 0.2) is 0 Å². The third kappa shape index (κ3) is 4.36. The molecule has 1 aliphatic heterocycles. The van der Waals surface area contributed by atoms with E-state index in [-0.39, 0.29) is 18.4 Å². The summed E-state index contributed by atoms with van der Waals surface area (Å²) in [6.07, 6.45) is 4.78. The maximum Gasteiger partial charge on any atom is 0.253 e. The average molecular weight is 349 g/mol. The van der Waals surface area contributed by atoms with Crippen molar-refractivity contribution in [1.29, 1.82) is 0 Å². The molecule has 134 valence electrons.